The smallest absolute Gasteiger partial charge is 0.186 e. The van der Waals surface area contributed by atoms with E-state index in [1.54, 1.807) is 11.3 Å². The van der Waals surface area contributed by atoms with Gasteiger partial charge in [-0.05, 0) is 31.1 Å². The third-order valence-corrected chi connectivity index (χ3v) is 5.13. The lowest BCUT2D eigenvalue weighted by Crippen LogP contribution is -2.40. The number of hydrogen-bond acceptors (Lipinski definition) is 4. The lowest BCUT2D eigenvalue weighted by Gasteiger charge is -2.37. The number of anilines is 1. The molecular formula is C14H20N2OS. The monoisotopic (exact) mass is 264 g/mol. The van der Waals surface area contributed by atoms with Crippen LogP contribution in [0.2, 0.25) is 0 Å². The van der Waals surface area contributed by atoms with E-state index in [2.05, 4.69) is 18.7 Å². The zero-order chi connectivity index (χ0) is 12.8. The van der Waals surface area contributed by atoms with Crippen molar-refractivity contribution in [3.63, 3.8) is 0 Å². The summed E-state index contributed by atoms with van der Waals surface area (Å²) >= 11 is 1.62. The van der Waals surface area contributed by atoms with Crippen LogP contribution in [0.15, 0.2) is 0 Å². The summed E-state index contributed by atoms with van der Waals surface area (Å²) in [5.74, 6) is 0.302. The standard InChI is InChI=1S/C14H20N2OS/c1-14(2)7-4-8-16(9-14)13-15-10-5-3-6-11(17)12(10)18-13/h3-9H2,1-2H3. The number of fused-ring (bicyclic) bond motifs is 1. The molecule has 18 heavy (non-hydrogen) atoms. The molecule has 1 fully saturated rings. The fourth-order valence-corrected chi connectivity index (χ4v) is 4.08. The molecule has 1 aliphatic carbocycles. The summed E-state index contributed by atoms with van der Waals surface area (Å²) in [6.07, 6.45) is 5.17. The van der Waals surface area contributed by atoms with Gasteiger partial charge in [0.2, 0.25) is 0 Å². The lowest BCUT2D eigenvalue weighted by atomic mass is 9.84. The van der Waals surface area contributed by atoms with E-state index in [0.29, 0.717) is 17.6 Å². The van der Waals surface area contributed by atoms with E-state index in [1.165, 1.54) is 12.8 Å². The van der Waals surface area contributed by atoms with E-state index in [-0.39, 0.29) is 0 Å². The van der Waals surface area contributed by atoms with Gasteiger partial charge in [-0.15, -0.1) is 0 Å². The van der Waals surface area contributed by atoms with Crippen molar-refractivity contribution in [2.24, 2.45) is 5.41 Å². The first-order chi connectivity index (χ1) is 8.55. The van der Waals surface area contributed by atoms with Crippen LogP contribution in [0.1, 0.15) is 54.9 Å². The summed E-state index contributed by atoms with van der Waals surface area (Å²) in [5, 5.41) is 1.07. The quantitative estimate of drug-likeness (QED) is 0.780. The normalized spacial score (nSPS) is 23.0. The Hall–Kier alpha value is -0.900. The minimum atomic E-state index is 0.302. The van der Waals surface area contributed by atoms with Gasteiger partial charge in [0.25, 0.3) is 0 Å². The van der Waals surface area contributed by atoms with E-state index in [4.69, 9.17) is 4.98 Å². The van der Waals surface area contributed by atoms with Crippen LogP contribution in [-0.2, 0) is 6.42 Å². The van der Waals surface area contributed by atoms with Crippen LogP contribution in [0.5, 0.6) is 0 Å². The number of hydrogen-bond donors (Lipinski definition) is 0. The fourth-order valence-electron chi connectivity index (χ4n) is 2.98. The Balaban J connectivity index is 1.87. The molecule has 4 heteroatoms. The molecular weight excluding hydrogens is 244 g/mol. The van der Waals surface area contributed by atoms with Crippen LogP contribution >= 0.6 is 11.3 Å². The molecule has 2 heterocycles. The van der Waals surface area contributed by atoms with Crippen molar-refractivity contribution in [3.05, 3.63) is 10.6 Å². The first kappa shape index (κ1) is 12.2. The Morgan fingerprint density at radius 3 is 2.83 bits per heavy atom. The third kappa shape index (κ3) is 2.18. The van der Waals surface area contributed by atoms with Crippen molar-refractivity contribution >= 4 is 22.3 Å². The molecule has 0 spiro atoms. The SMILES string of the molecule is CC1(C)CCCN(c2nc3c(s2)C(=O)CCC3)C1. The Morgan fingerprint density at radius 2 is 2.11 bits per heavy atom. The predicted octanol–water partition coefficient (Wildman–Crippen LogP) is 3.29. The highest BCUT2D eigenvalue weighted by molar-refractivity contribution is 7.17. The Bertz CT molecular complexity index is 478. The van der Waals surface area contributed by atoms with E-state index >= 15 is 0 Å². The highest BCUT2D eigenvalue weighted by atomic mass is 32.1. The number of piperidine rings is 1. The first-order valence-corrected chi connectivity index (χ1v) is 7.65. The van der Waals surface area contributed by atoms with Crippen LogP contribution in [-0.4, -0.2) is 23.9 Å². The predicted molar refractivity (Wildman–Crippen MR) is 74.6 cm³/mol. The Morgan fingerprint density at radius 1 is 1.28 bits per heavy atom. The van der Waals surface area contributed by atoms with Crippen molar-refractivity contribution in [2.75, 3.05) is 18.0 Å². The molecule has 98 valence electrons. The maximum atomic E-state index is 11.9. The van der Waals surface area contributed by atoms with Gasteiger partial charge < -0.3 is 4.90 Å². The van der Waals surface area contributed by atoms with Gasteiger partial charge in [-0.1, -0.05) is 25.2 Å². The van der Waals surface area contributed by atoms with Gasteiger partial charge in [-0.2, -0.15) is 0 Å². The number of aryl methyl sites for hydroxylation is 1. The summed E-state index contributed by atoms with van der Waals surface area (Å²) < 4.78 is 0. The van der Waals surface area contributed by atoms with Gasteiger partial charge in [0.05, 0.1) is 10.6 Å². The Labute approximate surface area is 112 Å². The number of carbonyl (C=O) groups excluding carboxylic acids is 1. The maximum Gasteiger partial charge on any atom is 0.186 e. The van der Waals surface area contributed by atoms with E-state index in [9.17, 15) is 4.79 Å². The number of thiazole rings is 1. The molecule has 0 saturated carbocycles. The number of rotatable bonds is 1. The molecule has 0 radical (unpaired) electrons. The van der Waals surface area contributed by atoms with E-state index < -0.39 is 0 Å². The second kappa shape index (κ2) is 4.34. The molecule has 0 unspecified atom stereocenters. The molecule has 3 rings (SSSR count). The zero-order valence-corrected chi connectivity index (χ0v) is 12.0. The molecule has 1 aromatic heterocycles. The number of carbonyl (C=O) groups is 1. The van der Waals surface area contributed by atoms with Crippen LogP contribution < -0.4 is 4.90 Å². The minimum Gasteiger partial charge on any atom is -0.348 e. The summed E-state index contributed by atoms with van der Waals surface area (Å²) in [6.45, 7) is 6.78. The second-order valence-corrected chi connectivity index (χ2v) is 7.22. The summed E-state index contributed by atoms with van der Waals surface area (Å²) in [6, 6.07) is 0. The topological polar surface area (TPSA) is 33.2 Å². The summed E-state index contributed by atoms with van der Waals surface area (Å²) in [5.41, 5.74) is 1.42. The van der Waals surface area contributed by atoms with E-state index in [1.807, 2.05) is 0 Å². The van der Waals surface area contributed by atoms with Crippen LogP contribution in [0.3, 0.4) is 0 Å². The van der Waals surface area contributed by atoms with E-state index in [0.717, 1.165) is 41.6 Å². The van der Waals surface area contributed by atoms with Crippen molar-refractivity contribution < 1.29 is 4.79 Å². The third-order valence-electron chi connectivity index (χ3n) is 3.93. The molecule has 0 atom stereocenters. The summed E-state index contributed by atoms with van der Waals surface area (Å²) in [7, 11) is 0. The fraction of sp³-hybridized carbons (Fsp3) is 0.714. The lowest BCUT2D eigenvalue weighted by molar-refractivity contribution is 0.0976. The first-order valence-electron chi connectivity index (χ1n) is 6.83. The van der Waals surface area contributed by atoms with Gasteiger partial charge in [0.1, 0.15) is 0 Å². The van der Waals surface area contributed by atoms with Crippen LogP contribution in [0.25, 0.3) is 0 Å². The van der Waals surface area contributed by atoms with Crippen molar-refractivity contribution in [3.8, 4) is 0 Å². The second-order valence-electron chi connectivity index (χ2n) is 6.24. The number of aromatic nitrogens is 1. The maximum absolute atomic E-state index is 11.9. The number of ketones is 1. The van der Waals surface area contributed by atoms with Crippen molar-refractivity contribution in [1.82, 2.24) is 4.98 Å². The number of Topliss-reactive ketones (excluding diaryl/α,β-unsaturated/α-hetero) is 1. The Kier molecular flexibility index (Phi) is 2.93. The molecule has 3 nitrogen and oxygen atoms in total. The van der Waals surface area contributed by atoms with Crippen LogP contribution in [0, 0.1) is 5.41 Å². The van der Waals surface area contributed by atoms with Gasteiger partial charge in [-0.3, -0.25) is 4.79 Å². The molecule has 1 aromatic rings. The zero-order valence-electron chi connectivity index (χ0n) is 11.2. The molecule has 1 saturated heterocycles. The average Bonchev–Trinajstić information content (AvgIpc) is 2.73. The largest absolute Gasteiger partial charge is 0.348 e. The van der Waals surface area contributed by atoms with Gasteiger partial charge in [0, 0.05) is 19.5 Å². The molecule has 1 aliphatic heterocycles. The van der Waals surface area contributed by atoms with Gasteiger partial charge >= 0.3 is 0 Å². The highest BCUT2D eigenvalue weighted by Gasteiger charge is 2.30. The minimum absolute atomic E-state index is 0.302. The molecule has 0 aromatic carbocycles. The molecule has 2 aliphatic rings. The summed E-state index contributed by atoms with van der Waals surface area (Å²) in [4.78, 5) is 19.9. The molecule has 0 amide bonds. The van der Waals surface area contributed by atoms with Gasteiger partial charge in [-0.25, -0.2) is 4.98 Å². The highest BCUT2D eigenvalue weighted by Crippen LogP contribution is 2.36. The van der Waals surface area contributed by atoms with Crippen molar-refractivity contribution in [1.29, 1.82) is 0 Å². The molecule has 0 bridgehead atoms. The average molecular weight is 264 g/mol. The van der Waals surface area contributed by atoms with Crippen molar-refractivity contribution in [2.45, 2.75) is 46.0 Å². The van der Waals surface area contributed by atoms with Crippen LogP contribution in [0.4, 0.5) is 5.13 Å². The molecule has 0 N–H and O–H groups in total. The van der Waals surface area contributed by atoms with Gasteiger partial charge in [0.15, 0.2) is 10.9 Å². The number of nitrogens with zero attached hydrogens (tertiary/aromatic N) is 2.